The number of unbranched alkanes of at least 4 members (excludes halogenated alkanes) is 12. The van der Waals surface area contributed by atoms with Gasteiger partial charge >= 0.3 is 7.60 Å². The fourth-order valence-corrected chi connectivity index (χ4v) is 4.07. The molecule has 3 nitrogen and oxygen atoms in total. The molecule has 1 N–H and O–H groups in total. The lowest BCUT2D eigenvalue weighted by molar-refractivity contribution is 0.261. The van der Waals surface area contributed by atoms with E-state index in [0.29, 0.717) is 11.9 Å². The summed E-state index contributed by atoms with van der Waals surface area (Å²) in [6.45, 7) is 2.62. The highest BCUT2D eigenvalue weighted by Crippen LogP contribution is 2.40. The molecule has 0 heterocycles. The Labute approximate surface area is 154 Å². The maximum atomic E-state index is 12.1. The SMILES string of the molecule is CCCCCCCCCCCCCCCOP(=O)(O)c1ccccc1. The molecular weight excluding hydrogens is 331 g/mol. The molecule has 0 saturated heterocycles. The van der Waals surface area contributed by atoms with Gasteiger partial charge in [0, 0.05) is 0 Å². The maximum Gasteiger partial charge on any atom is 0.358 e. The van der Waals surface area contributed by atoms with E-state index >= 15 is 0 Å². The second-order valence-corrected chi connectivity index (χ2v) is 8.75. The summed E-state index contributed by atoms with van der Waals surface area (Å²) < 4.78 is 17.3. The van der Waals surface area contributed by atoms with Crippen molar-refractivity contribution in [1.82, 2.24) is 0 Å². The second-order valence-electron chi connectivity index (χ2n) is 6.93. The minimum absolute atomic E-state index is 0.362. The van der Waals surface area contributed by atoms with Gasteiger partial charge in [0.2, 0.25) is 0 Å². The Hall–Kier alpha value is -0.630. The molecule has 0 radical (unpaired) electrons. The zero-order valence-corrected chi connectivity index (χ0v) is 16.9. The molecule has 0 fully saturated rings. The Morgan fingerprint density at radius 3 is 1.68 bits per heavy atom. The number of rotatable bonds is 16. The van der Waals surface area contributed by atoms with Crippen molar-refractivity contribution in [3.63, 3.8) is 0 Å². The van der Waals surface area contributed by atoms with E-state index in [2.05, 4.69) is 6.92 Å². The van der Waals surface area contributed by atoms with Gasteiger partial charge in [-0.2, -0.15) is 0 Å². The molecule has 0 aliphatic carbocycles. The average Bonchev–Trinajstić information content (AvgIpc) is 2.63. The molecule has 1 aromatic carbocycles. The van der Waals surface area contributed by atoms with Crippen LogP contribution in [0.4, 0.5) is 0 Å². The van der Waals surface area contributed by atoms with E-state index in [4.69, 9.17) is 4.52 Å². The lowest BCUT2D eigenvalue weighted by Gasteiger charge is -2.12. The Kier molecular flexibility index (Phi) is 13.0. The van der Waals surface area contributed by atoms with Gasteiger partial charge in [-0.3, -0.25) is 4.57 Å². The van der Waals surface area contributed by atoms with Crippen LogP contribution in [0.2, 0.25) is 0 Å². The van der Waals surface area contributed by atoms with Gasteiger partial charge in [0.05, 0.1) is 11.9 Å². The molecule has 0 saturated carbocycles. The van der Waals surface area contributed by atoms with E-state index in [1.54, 1.807) is 24.3 Å². The minimum atomic E-state index is -3.63. The van der Waals surface area contributed by atoms with Crippen LogP contribution in [0.25, 0.3) is 0 Å². The second kappa shape index (κ2) is 14.5. The molecule has 1 rings (SSSR count). The smallest absolute Gasteiger partial charge is 0.321 e. The molecule has 0 aromatic heterocycles. The molecule has 4 heteroatoms. The predicted octanol–water partition coefficient (Wildman–Crippen LogP) is 6.61. The molecule has 0 spiro atoms. The van der Waals surface area contributed by atoms with Crippen LogP contribution in [0, 0.1) is 0 Å². The van der Waals surface area contributed by atoms with Crippen LogP contribution in [0.3, 0.4) is 0 Å². The van der Waals surface area contributed by atoms with Gasteiger partial charge in [-0.25, -0.2) is 0 Å². The highest BCUT2D eigenvalue weighted by Gasteiger charge is 2.21. The molecule has 0 aliphatic heterocycles. The first-order valence-electron chi connectivity index (χ1n) is 10.2. The van der Waals surface area contributed by atoms with E-state index in [1.165, 1.54) is 70.6 Å². The molecule has 0 aliphatic rings. The first-order valence-corrected chi connectivity index (χ1v) is 11.8. The summed E-state index contributed by atoms with van der Waals surface area (Å²) in [7, 11) is -3.63. The summed E-state index contributed by atoms with van der Waals surface area (Å²) in [5.41, 5.74) is 0. The third-order valence-electron chi connectivity index (χ3n) is 4.60. The quantitative estimate of drug-likeness (QED) is 0.264. The maximum absolute atomic E-state index is 12.1. The molecule has 0 bridgehead atoms. The van der Waals surface area contributed by atoms with Crippen LogP contribution in [0.1, 0.15) is 90.4 Å². The highest BCUT2D eigenvalue weighted by molar-refractivity contribution is 7.61. The van der Waals surface area contributed by atoms with E-state index < -0.39 is 7.60 Å². The third kappa shape index (κ3) is 11.6. The van der Waals surface area contributed by atoms with Gasteiger partial charge in [0.15, 0.2) is 0 Å². The summed E-state index contributed by atoms with van der Waals surface area (Å²) in [5.74, 6) is 0. The number of benzene rings is 1. The highest BCUT2D eigenvalue weighted by atomic mass is 31.2. The fraction of sp³-hybridized carbons (Fsp3) is 0.714. The van der Waals surface area contributed by atoms with Crippen LogP contribution >= 0.6 is 7.60 Å². The summed E-state index contributed by atoms with van der Waals surface area (Å²) in [4.78, 5) is 9.91. The Bertz CT molecular complexity index is 461. The van der Waals surface area contributed by atoms with Crippen molar-refractivity contribution in [3.05, 3.63) is 30.3 Å². The standard InChI is InChI=1S/C21H37O3P/c1-2-3-4-5-6-7-8-9-10-11-12-13-17-20-24-25(22,23)21-18-15-14-16-19-21/h14-16,18-19H,2-13,17,20H2,1H3,(H,22,23). The van der Waals surface area contributed by atoms with E-state index in [9.17, 15) is 9.46 Å². The molecule has 0 amide bonds. The van der Waals surface area contributed by atoms with Gasteiger partial charge < -0.3 is 9.42 Å². The van der Waals surface area contributed by atoms with Crippen LogP contribution in [0.5, 0.6) is 0 Å². The predicted molar refractivity (Wildman–Crippen MR) is 108 cm³/mol. The van der Waals surface area contributed by atoms with Crippen molar-refractivity contribution >= 4 is 12.9 Å². The Balaban J connectivity index is 1.88. The summed E-state index contributed by atoms with van der Waals surface area (Å²) in [6.07, 6.45) is 16.8. The molecule has 1 atom stereocenters. The van der Waals surface area contributed by atoms with Crippen LogP contribution < -0.4 is 5.30 Å². The largest absolute Gasteiger partial charge is 0.358 e. The van der Waals surface area contributed by atoms with Crippen LogP contribution in [-0.4, -0.2) is 11.5 Å². The summed E-state index contributed by atoms with van der Waals surface area (Å²) in [5, 5.41) is 0.379. The first kappa shape index (κ1) is 22.4. The van der Waals surface area contributed by atoms with Crippen molar-refractivity contribution in [2.24, 2.45) is 0 Å². The Morgan fingerprint density at radius 2 is 1.20 bits per heavy atom. The lowest BCUT2D eigenvalue weighted by Crippen LogP contribution is -2.07. The summed E-state index contributed by atoms with van der Waals surface area (Å²) >= 11 is 0. The van der Waals surface area contributed by atoms with Crippen molar-refractivity contribution in [2.75, 3.05) is 6.61 Å². The van der Waals surface area contributed by atoms with Gasteiger partial charge in [-0.05, 0) is 18.6 Å². The minimum Gasteiger partial charge on any atom is -0.321 e. The molecule has 144 valence electrons. The molecule has 25 heavy (non-hydrogen) atoms. The van der Waals surface area contributed by atoms with Crippen LogP contribution in [-0.2, 0) is 9.09 Å². The van der Waals surface area contributed by atoms with Crippen molar-refractivity contribution < 1.29 is 14.0 Å². The van der Waals surface area contributed by atoms with Gasteiger partial charge in [0.1, 0.15) is 0 Å². The fourth-order valence-electron chi connectivity index (χ4n) is 3.00. The molecule has 1 aromatic rings. The number of hydrogen-bond donors (Lipinski definition) is 1. The normalized spacial score (nSPS) is 13.7. The summed E-state index contributed by atoms with van der Waals surface area (Å²) in [6, 6.07) is 8.63. The lowest BCUT2D eigenvalue weighted by atomic mass is 10.0. The monoisotopic (exact) mass is 368 g/mol. The Morgan fingerprint density at radius 1 is 0.760 bits per heavy atom. The van der Waals surface area contributed by atoms with Crippen molar-refractivity contribution in [1.29, 1.82) is 0 Å². The average molecular weight is 368 g/mol. The molecule has 1 unspecified atom stereocenters. The van der Waals surface area contributed by atoms with Crippen molar-refractivity contribution in [3.8, 4) is 0 Å². The van der Waals surface area contributed by atoms with Gasteiger partial charge in [-0.1, -0.05) is 102 Å². The first-order chi connectivity index (χ1) is 12.2. The van der Waals surface area contributed by atoms with Crippen molar-refractivity contribution in [2.45, 2.75) is 90.4 Å². The topological polar surface area (TPSA) is 46.5 Å². The van der Waals surface area contributed by atoms with E-state index in [0.717, 1.165) is 12.8 Å². The third-order valence-corrected chi connectivity index (χ3v) is 6.08. The van der Waals surface area contributed by atoms with Gasteiger partial charge in [-0.15, -0.1) is 0 Å². The van der Waals surface area contributed by atoms with E-state index in [1.807, 2.05) is 6.07 Å². The number of hydrogen-bond acceptors (Lipinski definition) is 2. The zero-order chi connectivity index (χ0) is 18.2. The van der Waals surface area contributed by atoms with E-state index in [-0.39, 0.29) is 0 Å². The van der Waals surface area contributed by atoms with Gasteiger partial charge in [0.25, 0.3) is 0 Å². The van der Waals surface area contributed by atoms with Crippen LogP contribution in [0.15, 0.2) is 30.3 Å². The zero-order valence-electron chi connectivity index (χ0n) is 16.0. The molecular formula is C21H37O3P.